The topological polar surface area (TPSA) is 76.1 Å². The molecule has 2 aromatic carbocycles. The highest BCUT2D eigenvalue weighted by Crippen LogP contribution is 2.14. The van der Waals surface area contributed by atoms with E-state index in [4.69, 9.17) is 4.74 Å². The lowest BCUT2D eigenvalue weighted by Gasteiger charge is -2.08. The second-order valence-electron chi connectivity index (χ2n) is 6.33. The number of hydrogen-bond acceptors (Lipinski definition) is 5. The van der Waals surface area contributed by atoms with Crippen LogP contribution in [0.2, 0.25) is 0 Å². The lowest BCUT2D eigenvalue weighted by molar-refractivity contribution is 0.102. The molecule has 0 unspecified atom stereocenters. The first-order valence-corrected chi connectivity index (χ1v) is 9.27. The van der Waals surface area contributed by atoms with Gasteiger partial charge in [-0.15, -0.1) is 0 Å². The third-order valence-corrected chi connectivity index (χ3v) is 4.37. The molecular weight excluding hydrogens is 352 g/mol. The minimum Gasteiger partial charge on any atom is -0.497 e. The van der Waals surface area contributed by atoms with E-state index < -0.39 is 0 Å². The van der Waals surface area contributed by atoms with Crippen molar-refractivity contribution in [1.82, 2.24) is 9.97 Å². The Morgan fingerprint density at radius 3 is 2.46 bits per heavy atom. The lowest BCUT2D eigenvalue weighted by atomic mass is 10.1. The average molecular weight is 376 g/mol. The molecule has 3 aromatic rings. The SMILES string of the molecule is CCc1ccc(NC(=O)c2cnc(NCCc3cccc(OC)c3)nc2)cc1. The van der Waals surface area contributed by atoms with Crippen LogP contribution in [0.1, 0.15) is 28.4 Å². The monoisotopic (exact) mass is 376 g/mol. The van der Waals surface area contributed by atoms with Crippen molar-refractivity contribution in [3.63, 3.8) is 0 Å². The van der Waals surface area contributed by atoms with Crippen molar-refractivity contribution in [2.45, 2.75) is 19.8 Å². The minimum atomic E-state index is -0.229. The first-order valence-electron chi connectivity index (χ1n) is 9.27. The molecule has 0 fully saturated rings. The van der Waals surface area contributed by atoms with Crippen molar-refractivity contribution in [2.75, 3.05) is 24.3 Å². The summed E-state index contributed by atoms with van der Waals surface area (Å²) >= 11 is 0. The van der Waals surface area contributed by atoms with E-state index in [0.29, 0.717) is 18.1 Å². The highest BCUT2D eigenvalue weighted by atomic mass is 16.5. The maximum Gasteiger partial charge on any atom is 0.258 e. The summed E-state index contributed by atoms with van der Waals surface area (Å²) in [6, 6.07) is 15.7. The number of carbonyl (C=O) groups excluding carboxylic acids is 1. The third-order valence-electron chi connectivity index (χ3n) is 4.37. The fourth-order valence-corrected chi connectivity index (χ4v) is 2.71. The van der Waals surface area contributed by atoms with Gasteiger partial charge in [-0.1, -0.05) is 31.2 Å². The third kappa shape index (κ3) is 5.30. The van der Waals surface area contributed by atoms with Gasteiger partial charge >= 0.3 is 0 Å². The van der Waals surface area contributed by atoms with Crippen molar-refractivity contribution < 1.29 is 9.53 Å². The van der Waals surface area contributed by atoms with Gasteiger partial charge in [0.25, 0.3) is 5.91 Å². The number of rotatable bonds is 8. The van der Waals surface area contributed by atoms with E-state index in [2.05, 4.69) is 27.5 Å². The van der Waals surface area contributed by atoms with E-state index in [-0.39, 0.29) is 5.91 Å². The summed E-state index contributed by atoms with van der Waals surface area (Å²) in [6.45, 7) is 2.78. The maximum absolute atomic E-state index is 12.3. The Labute approximate surface area is 165 Å². The summed E-state index contributed by atoms with van der Waals surface area (Å²) in [4.78, 5) is 20.8. The molecule has 0 aliphatic heterocycles. The number of hydrogen-bond donors (Lipinski definition) is 2. The number of aromatic nitrogens is 2. The van der Waals surface area contributed by atoms with Crippen LogP contribution in [0.15, 0.2) is 60.9 Å². The second-order valence-corrected chi connectivity index (χ2v) is 6.33. The van der Waals surface area contributed by atoms with Crippen LogP contribution in [0.4, 0.5) is 11.6 Å². The first kappa shape index (κ1) is 19.4. The summed E-state index contributed by atoms with van der Waals surface area (Å²) in [6.07, 6.45) is 4.83. The van der Waals surface area contributed by atoms with Crippen LogP contribution in [0, 0.1) is 0 Å². The molecule has 0 aliphatic rings. The molecular formula is C22H24N4O2. The molecule has 144 valence electrons. The van der Waals surface area contributed by atoms with Crippen molar-refractivity contribution in [3.8, 4) is 5.75 Å². The maximum atomic E-state index is 12.3. The predicted octanol–water partition coefficient (Wildman–Crippen LogP) is 3.95. The number of ether oxygens (including phenoxy) is 1. The fourth-order valence-electron chi connectivity index (χ4n) is 2.71. The Hall–Kier alpha value is -3.41. The largest absolute Gasteiger partial charge is 0.497 e. The zero-order chi connectivity index (χ0) is 19.8. The van der Waals surface area contributed by atoms with Crippen LogP contribution in [0.5, 0.6) is 5.75 Å². The fraction of sp³-hybridized carbons (Fsp3) is 0.227. The molecule has 3 rings (SSSR count). The molecule has 0 aliphatic carbocycles. The highest BCUT2D eigenvalue weighted by molar-refractivity contribution is 6.03. The van der Waals surface area contributed by atoms with Gasteiger partial charge in [0.05, 0.1) is 12.7 Å². The van der Waals surface area contributed by atoms with Crippen molar-refractivity contribution in [3.05, 3.63) is 77.6 Å². The standard InChI is InChI=1S/C22H24N4O2/c1-3-16-7-9-19(10-8-16)26-21(27)18-14-24-22(25-15-18)23-12-11-17-5-4-6-20(13-17)28-2/h4-10,13-15H,3,11-12H2,1-2H3,(H,26,27)(H,23,24,25). The van der Waals surface area contributed by atoms with Crippen LogP contribution in [0.3, 0.4) is 0 Å². The molecule has 0 saturated heterocycles. The quantitative estimate of drug-likeness (QED) is 0.622. The van der Waals surface area contributed by atoms with Gasteiger partial charge in [-0.25, -0.2) is 9.97 Å². The highest BCUT2D eigenvalue weighted by Gasteiger charge is 2.08. The lowest BCUT2D eigenvalue weighted by Crippen LogP contribution is -2.14. The van der Waals surface area contributed by atoms with Gasteiger partial charge in [-0.2, -0.15) is 0 Å². The minimum absolute atomic E-state index is 0.229. The summed E-state index contributed by atoms with van der Waals surface area (Å²) in [7, 11) is 1.66. The molecule has 28 heavy (non-hydrogen) atoms. The number of nitrogens with one attached hydrogen (secondary N) is 2. The number of nitrogens with zero attached hydrogens (tertiary/aromatic N) is 2. The van der Waals surface area contributed by atoms with Crippen LogP contribution < -0.4 is 15.4 Å². The summed E-state index contributed by atoms with van der Waals surface area (Å²) < 4.78 is 5.23. The van der Waals surface area contributed by atoms with E-state index in [9.17, 15) is 4.79 Å². The number of carbonyl (C=O) groups is 1. The predicted molar refractivity (Wildman–Crippen MR) is 111 cm³/mol. The number of benzene rings is 2. The molecule has 0 bridgehead atoms. The second kappa shape index (κ2) is 9.50. The van der Waals surface area contributed by atoms with E-state index in [0.717, 1.165) is 29.8 Å². The summed E-state index contributed by atoms with van der Waals surface area (Å²) in [5, 5.41) is 6.02. The molecule has 0 saturated carbocycles. The number of anilines is 2. The van der Waals surface area contributed by atoms with E-state index in [1.54, 1.807) is 7.11 Å². The molecule has 2 N–H and O–H groups in total. The number of aryl methyl sites for hydroxylation is 1. The Balaban J connectivity index is 1.51. The zero-order valence-corrected chi connectivity index (χ0v) is 16.1. The molecule has 6 nitrogen and oxygen atoms in total. The van der Waals surface area contributed by atoms with Gasteiger partial charge in [0.15, 0.2) is 0 Å². The normalized spacial score (nSPS) is 10.4. The zero-order valence-electron chi connectivity index (χ0n) is 16.1. The van der Waals surface area contributed by atoms with Crippen LogP contribution in [0.25, 0.3) is 0 Å². The molecule has 0 atom stereocenters. The van der Waals surface area contributed by atoms with E-state index in [1.165, 1.54) is 18.0 Å². The smallest absolute Gasteiger partial charge is 0.258 e. The van der Waals surface area contributed by atoms with E-state index >= 15 is 0 Å². The molecule has 0 spiro atoms. The molecule has 1 amide bonds. The molecule has 6 heteroatoms. The first-order chi connectivity index (χ1) is 13.7. The Morgan fingerprint density at radius 2 is 1.79 bits per heavy atom. The molecule has 1 heterocycles. The van der Waals surface area contributed by atoms with Gasteiger partial charge in [0.2, 0.25) is 5.95 Å². The number of amides is 1. The van der Waals surface area contributed by atoms with Gasteiger partial charge in [0.1, 0.15) is 5.75 Å². The molecule has 1 aromatic heterocycles. The van der Waals surface area contributed by atoms with Gasteiger partial charge < -0.3 is 15.4 Å². The van der Waals surface area contributed by atoms with Gasteiger partial charge in [-0.3, -0.25) is 4.79 Å². The van der Waals surface area contributed by atoms with Gasteiger partial charge in [-0.05, 0) is 48.2 Å². The van der Waals surface area contributed by atoms with Crippen LogP contribution in [-0.2, 0) is 12.8 Å². The van der Waals surface area contributed by atoms with Crippen LogP contribution in [-0.4, -0.2) is 29.5 Å². The van der Waals surface area contributed by atoms with Crippen molar-refractivity contribution >= 4 is 17.5 Å². The van der Waals surface area contributed by atoms with Gasteiger partial charge in [0, 0.05) is 24.6 Å². The molecule has 0 radical (unpaired) electrons. The Bertz CT molecular complexity index is 909. The van der Waals surface area contributed by atoms with E-state index in [1.807, 2.05) is 48.5 Å². The Kier molecular flexibility index (Phi) is 6.57. The summed E-state index contributed by atoms with van der Waals surface area (Å²) in [5.74, 6) is 1.10. The van der Waals surface area contributed by atoms with Crippen molar-refractivity contribution in [2.24, 2.45) is 0 Å². The van der Waals surface area contributed by atoms with Crippen LogP contribution >= 0.6 is 0 Å². The van der Waals surface area contributed by atoms with Crippen molar-refractivity contribution in [1.29, 1.82) is 0 Å². The average Bonchev–Trinajstić information content (AvgIpc) is 2.75. The number of methoxy groups -OCH3 is 1. The summed E-state index contributed by atoms with van der Waals surface area (Å²) in [5.41, 5.74) is 3.56. The Morgan fingerprint density at radius 1 is 1.04 bits per heavy atom.